The summed E-state index contributed by atoms with van der Waals surface area (Å²) in [4.78, 5) is 20.0. The van der Waals surface area contributed by atoms with Crippen molar-refractivity contribution in [3.63, 3.8) is 0 Å². The maximum Gasteiger partial charge on any atom is 0.352 e. The number of carbonyl (C=O) groups is 1. The molecule has 5 heteroatoms. The topological polar surface area (TPSA) is 47.6 Å². The number of nitrogens with one attached hydrogen (secondary N) is 1. The molecule has 0 bridgehead atoms. The van der Waals surface area contributed by atoms with Gasteiger partial charge in [0.05, 0.1) is 0 Å². The summed E-state index contributed by atoms with van der Waals surface area (Å²) in [5, 5.41) is 3.52. The first-order valence-corrected chi connectivity index (χ1v) is 10.6. The molecule has 3 aromatic carbocycles. The third-order valence-corrected chi connectivity index (χ3v) is 5.08. The molecule has 0 aliphatic heterocycles. The number of benzene rings is 3. The average molecular weight is 422 g/mol. The largest absolute Gasteiger partial charge is 0.352 e. The lowest BCUT2D eigenvalue weighted by atomic mass is 9.88. The second-order valence-electron chi connectivity index (χ2n) is 7.44. The number of aryl methyl sites for hydroxylation is 1. The molecule has 0 aliphatic rings. The Morgan fingerprint density at radius 1 is 0.935 bits per heavy atom. The molecule has 0 fully saturated rings. The quantitative estimate of drug-likeness (QED) is 0.255. The van der Waals surface area contributed by atoms with Crippen LogP contribution in [0.1, 0.15) is 42.4 Å². The van der Waals surface area contributed by atoms with Crippen LogP contribution >= 0.6 is 0 Å². The second-order valence-corrected chi connectivity index (χ2v) is 7.44. The van der Waals surface area contributed by atoms with E-state index in [0.717, 1.165) is 37.9 Å². The zero-order valence-corrected chi connectivity index (χ0v) is 17.7. The molecule has 0 amide bonds. The summed E-state index contributed by atoms with van der Waals surface area (Å²) in [6.45, 7) is 2.96. The van der Waals surface area contributed by atoms with E-state index < -0.39 is 11.8 Å². The summed E-state index contributed by atoms with van der Waals surface area (Å²) in [6.07, 6.45) is 2.68. The average Bonchev–Trinajstić information content (AvgIpc) is 2.79. The summed E-state index contributed by atoms with van der Waals surface area (Å²) in [5.41, 5.74) is 3.57. The summed E-state index contributed by atoms with van der Waals surface area (Å²) >= 11 is 0. The molecule has 3 rings (SSSR count). The van der Waals surface area contributed by atoms with Gasteiger partial charge in [-0.05, 0) is 61.2 Å². The molecule has 0 unspecified atom stereocenters. The highest BCUT2D eigenvalue weighted by Gasteiger charge is 2.13. The fourth-order valence-corrected chi connectivity index (χ4v) is 3.56. The summed E-state index contributed by atoms with van der Waals surface area (Å²) < 4.78 is 13.7. The molecule has 162 valence electrons. The highest BCUT2D eigenvalue weighted by atomic mass is 19.1. The molecule has 0 saturated heterocycles. The van der Waals surface area contributed by atoms with Crippen molar-refractivity contribution in [3.8, 4) is 5.75 Å². The van der Waals surface area contributed by atoms with Crippen molar-refractivity contribution in [3.05, 3.63) is 101 Å². The SMILES string of the molecule is CC(=O)OOc1cc(CCCNCCC(c2ccccc2)c2ccccc2)ccc1F. The fourth-order valence-electron chi connectivity index (χ4n) is 3.56. The van der Waals surface area contributed by atoms with Crippen LogP contribution in [0, 0.1) is 5.82 Å². The van der Waals surface area contributed by atoms with Gasteiger partial charge >= 0.3 is 5.97 Å². The molecular formula is C26H28FNO3. The van der Waals surface area contributed by atoms with Crippen LogP contribution in [0.15, 0.2) is 78.9 Å². The van der Waals surface area contributed by atoms with Gasteiger partial charge in [-0.2, -0.15) is 0 Å². The van der Waals surface area contributed by atoms with Crippen LogP contribution in [-0.2, 0) is 16.1 Å². The zero-order chi connectivity index (χ0) is 21.9. The lowest BCUT2D eigenvalue weighted by Gasteiger charge is -2.18. The van der Waals surface area contributed by atoms with Crippen LogP contribution < -0.4 is 10.2 Å². The van der Waals surface area contributed by atoms with Crippen LogP contribution in [0.5, 0.6) is 5.75 Å². The summed E-state index contributed by atoms with van der Waals surface area (Å²) in [6, 6.07) is 25.8. The Morgan fingerprint density at radius 3 is 2.19 bits per heavy atom. The second kappa shape index (κ2) is 11.9. The van der Waals surface area contributed by atoms with E-state index in [1.165, 1.54) is 24.1 Å². The minimum atomic E-state index is -0.627. The highest BCUT2D eigenvalue weighted by Crippen LogP contribution is 2.27. The molecule has 0 aromatic heterocycles. The molecule has 0 saturated carbocycles. The van der Waals surface area contributed by atoms with Gasteiger partial charge in [0.15, 0.2) is 5.82 Å². The van der Waals surface area contributed by atoms with E-state index in [9.17, 15) is 9.18 Å². The van der Waals surface area contributed by atoms with Gasteiger partial charge in [-0.1, -0.05) is 66.7 Å². The molecule has 0 atom stereocenters. The van der Waals surface area contributed by atoms with Gasteiger partial charge in [-0.15, -0.1) is 0 Å². The van der Waals surface area contributed by atoms with Gasteiger partial charge in [0.2, 0.25) is 5.75 Å². The molecule has 0 aliphatic carbocycles. The van der Waals surface area contributed by atoms with Gasteiger partial charge in [-0.25, -0.2) is 9.18 Å². The number of hydrogen-bond donors (Lipinski definition) is 1. The van der Waals surface area contributed by atoms with E-state index >= 15 is 0 Å². The Hall–Kier alpha value is -3.18. The Bertz CT molecular complexity index is 908. The van der Waals surface area contributed by atoms with Crippen molar-refractivity contribution in [2.24, 2.45) is 0 Å². The Kier molecular flexibility index (Phi) is 8.61. The number of hydrogen-bond acceptors (Lipinski definition) is 4. The van der Waals surface area contributed by atoms with E-state index in [0.29, 0.717) is 5.92 Å². The normalized spacial score (nSPS) is 10.8. The molecule has 4 nitrogen and oxygen atoms in total. The van der Waals surface area contributed by atoms with E-state index in [2.05, 4.69) is 58.7 Å². The number of carbonyl (C=O) groups excluding carboxylic acids is 1. The maximum absolute atomic E-state index is 13.7. The fraction of sp³-hybridized carbons (Fsp3) is 0.269. The minimum Gasteiger partial charge on any atom is -0.317 e. The Labute approximate surface area is 182 Å². The monoisotopic (exact) mass is 421 g/mol. The van der Waals surface area contributed by atoms with Crippen molar-refractivity contribution in [2.75, 3.05) is 13.1 Å². The highest BCUT2D eigenvalue weighted by molar-refractivity contribution is 5.65. The first kappa shape index (κ1) is 22.5. The molecular weight excluding hydrogens is 393 g/mol. The standard InChI is InChI=1S/C26H28FNO3/c1-20(29)30-31-26-19-21(14-15-25(26)27)9-8-17-28-18-16-24(22-10-4-2-5-11-22)23-12-6-3-7-13-23/h2-7,10-15,19,24,28H,8-9,16-18H2,1H3. The van der Waals surface area contributed by atoms with E-state index in [1.54, 1.807) is 12.1 Å². The third-order valence-electron chi connectivity index (χ3n) is 5.08. The van der Waals surface area contributed by atoms with Gasteiger partial charge in [0.1, 0.15) is 0 Å². The van der Waals surface area contributed by atoms with Crippen LogP contribution in [-0.4, -0.2) is 19.1 Å². The van der Waals surface area contributed by atoms with Gasteiger partial charge < -0.3 is 5.32 Å². The number of halogens is 1. The molecule has 31 heavy (non-hydrogen) atoms. The van der Waals surface area contributed by atoms with Crippen LogP contribution in [0.3, 0.4) is 0 Å². The third kappa shape index (κ3) is 7.23. The molecule has 1 N–H and O–H groups in total. The van der Waals surface area contributed by atoms with Gasteiger partial charge in [0.25, 0.3) is 0 Å². The first-order valence-electron chi connectivity index (χ1n) is 10.6. The lowest BCUT2D eigenvalue weighted by molar-refractivity contribution is -0.211. The predicted octanol–water partition coefficient (Wildman–Crippen LogP) is 5.43. The minimum absolute atomic E-state index is 0.0748. The van der Waals surface area contributed by atoms with Crippen molar-refractivity contribution in [1.82, 2.24) is 5.32 Å². The van der Waals surface area contributed by atoms with Crippen molar-refractivity contribution < 1.29 is 19.0 Å². The molecule has 0 spiro atoms. The smallest absolute Gasteiger partial charge is 0.317 e. The summed E-state index contributed by atoms with van der Waals surface area (Å²) in [5.74, 6) is -0.906. The van der Waals surface area contributed by atoms with Crippen molar-refractivity contribution in [2.45, 2.75) is 32.1 Å². The van der Waals surface area contributed by atoms with E-state index in [-0.39, 0.29) is 5.75 Å². The van der Waals surface area contributed by atoms with Crippen LogP contribution in [0.4, 0.5) is 4.39 Å². The number of rotatable bonds is 11. The van der Waals surface area contributed by atoms with Gasteiger partial charge in [-0.3, -0.25) is 9.78 Å². The Balaban J connectivity index is 1.46. The van der Waals surface area contributed by atoms with E-state index in [1.807, 2.05) is 12.1 Å². The summed E-state index contributed by atoms with van der Waals surface area (Å²) in [7, 11) is 0. The zero-order valence-electron chi connectivity index (χ0n) is 17.7. The molecule has 0 heterocycles. The van der Waals surface area contributed by atoms with E-state index in [4.69, 9.17) is 4.89 Å². The van der Waals surface area contributed by atoms with Crippen LogP contribution in [0.2, 0.25) is 0 Å². The lowest BCUT2D eigenvalue weighted by Crippen LogP contribution is -2.19. The molecule has 3 aromatic rings. The first-order chi connectivity index (χ1) is 15.1. The maximum atomic E-state index is 13.7. The Morgan fingerprint density at radius 2 is 1.58 bits per heavy atom. The van der Waals surface area contributed by atoms with Crippen molar-refractivity contribution in [1.29, 1.82) is 0 Å². The predicted molar refractivity (Wildman–Crippen MR) is 119 cm³/mol. The van der Waals surface area contributed by atoms with Gasteiger partial charge in [0, 0.05) is 12.8 Å². The van der Waals surface area contributed by atoms with Crippen LogP contribution in [0.25, 0.3) is 0 Å². The molecule has 0 radical (unpaired) electrons. The van der Waals surface area contributed by atoms with Crippen molar-refractivity contribution >= 4 is 5.97 Å².